The van der Waals surface area contributed by atoms with Crippen molar-refractivity contribution in [1.29, 1.82) is 0 Å². The Morgan fingerprint density at radius 3 is 1.98 bits per heavy atom. The molecule has 3 aromatic carbocycles. The average molecular weight is 568 g/mol. The fraction of sp³-hybridized carbons (Fsp3) is 0.382. The maximum atomic E-state index is 13.5. The molecule has 2 saturated heterocycles. The Kier molecular flexibility index (Phi) is 9.66. The fourth-order valence-corrected chi connectivity index (χ4v) is 5.90. The minimum atomic E-state index is -0.817. The molecule has 2 aliphatic rings. The van der Waals surface area contributed by atoms with Crippen molar-refractivity contribution in [2.75, 3.05) is 51.1 Å². The van der Waals surface area contributed by atoms with Gasteiger partial charge in [-0.2, -0.15) is 0 Å². The third-order valence-electron chi connectivity index (χ3n) is 8.25. The topological polar surface area (TPSA) is 85.0 Å². The van der Waals surface area contributed by atoms with Crippen molar-refractivity contribution in [2.45, 2.75) is 38.3 Å². The third-order valence-corrected chi connectivity index (χ3v) is 8.25. The number of benzene rings is 3. The smallest absolute Gasteiger partial charge is 0.243 e. The van der Waals surface area contributed by atoms with Gasteiger partial charge in [0.2, 0.25) is 17.7 Å². The summed E-state index contributed by atoms with van der Waals surface area (Å²) in [7, 11) is 0. The minimum Gasteiger partial charge on any atom is -0.353 e. The van der Waals surface area contributed by atoms with E-state index in [1.807, 2.05) is 36.4 Å². The molecule has 2 N–H and O–H groups in total. The standard InChI is InChI=1S/C34H41N5O3/c1-25(2)26-13-15-29(16-14-26)36-31(40)23-30-34(42)35-17-18-39(30)32(41)24-37-19-21-38(22-20-37)33(27-9-5-3-6-10-27)28-11-7-4-8-12-28/h3-16,25,30,33H,17-24H2,1-2H3,(H,35,42)(H,36,40)/t30-/m1/s1. The SMILES string of the molecule is CC(C)c1ccc(NC(=O)C[C@@H]2C(=O)NCCN2C(=O)CN2CCN(C(c3ccccc3)c3ccccc3)CC2)cc1. The fourth-order valence-electron chi connectivity index (χ4n) is 5.90. The first-order valence-corrected chi connectivity index (χ1v) is 14.9. The number of anilines is 1. The van der Waals surface area contributed by atoms with Crippen LogP contribution in [0.5, 0.6) is 0 Å². The van der Waals surface area contributed by atoms with Gasteiger partial charge in [-0.05, 0) is 34.7 Å². The van der Waals surface area contributed by atoms with E-state index in [4.69, 9.17) is 0 Å². The van der Waals surface area contributed by atoms with Crippen LogP contribution in [-0.2, 0) is 14.4 Å². The zero-order chi connectivity index (χ0) is 29.5. The first kappa shape index (κ1) is 29.5. The van der Waals surface area contributed by atoms with E-state index in [9.17, 15) is 14.4 Å². The summed E-state index contributed by atoms with van der Waals surface area (Å²) in [6, 6.07) is 28.1. The second-order valence-corrected chi connectivity index (χ2v) is 11.5. The quantitative estimate of drug-likeness (QED) is 0.410. The molecule has 0 radical (unpaired) electrons. The van der Waals surface area contributed by atoms with Crippen molar-refractivity contribution in [1.82, 2.24) is 20.0 Å². The lowest BCUT2D eigenvalue weighted by Gasteiger charge is -2.41. The van der Waals surface area contributed by atoms with Crippen LogP contribution in [0.3, 0.4) is 0 Å². The van der Waals surface area contributed by atoms with E-state index in [0.717, 1.165) is 26.2 Å². The van der Waals surface area contributed by atoms with Gasteiger partial charge in [0.1, 0.15) is 6.04 Å². The Morgan fingerprint density at radius 1 is 0.810 bits per heavy atom. The maximum absolute atomic E-state index is 13.5. The van der Waals surface area contributed by atoms with Crippen LogP contribution in [0, 0.1) is 0 Å². The van der Waals surface area contributed by atoms with Gasteiger partial charge in [0, 0.05) is 45.0 Å². The molecule has 2 fully saturated rings. The number of carbonyl (C=O) groups excluding carboxylic acids is 3. The lowest BCUT2D eigenvalue weighted by Crippen LogP contribution is -2.60. The molecule has 220 valence electrons. The van der Waals surface area contributed by atoms with Crippen LogP contribution >= 0.6 is 0 Å². The maximum Gasteiger partial charge on any atom is 0.243 e. The second-order valence-electron chi connectivity index (χ2n) is 11.5. The van der Waals surface area contributed by atoms with Gasteiger partial charge < -0.3 is 15.5 Å². The van der Waals surface area contributed by atoms with E-state index in [0.29, 0.717) is 24.7 Å². The number of carbonyl (C=O) groups is 3. The van der Waals surface area contributed by atoms with Crippen LogP contribution in [0.1, 0.15) is 48.9 Å². The van der Waals surface area contributed by atoms with Gasteiger partial charge in [-0.3, -0.25) is 24.2 Å². The summed E-state index contributed by atoms with van der Waals surface area (Å²) in [5, 5.41) is 5.71. The summed E-state index contributed by atoms with van der Waals surface area (Å²) in [5.41, 5.74) is 4.38. The highest BCUT2D eigenvalue weighted by molar-refractivity contribution is 5.97. The van der Waals surface area contributed by atoms with Gasteiger partial charge in [-0.15, -0.1) is 0 Å². The van der Waals surface area contributed by atoms with Crippen molar-refractivity contribution in [3.63, 3.8) is 0 Å². The highest BCUT2D eigenvalue weighted by Gasteiger charge is 2.36. The summed E-state index contributed by atoms with van der Waals surface area (Å²) in [5.74, 6) is -0.274. The molecular formula is C34H41N5O3. The van der Waals surface area contributed by atoms with Crippen molar-refractivity contribution in [3.8, 4) is 0 Å². The highest BCUT2D eigenvalue weighted by Crippen LogP contribution is 2.29. The molecule has 0 spiro atoms. The van der Waals surface area contributed by atoms with E-state index in [1.54, 1.807) is 4.90 Å². The van der Waals surface area contributed by atoms with Gasteiger partial charge >= 0.3 is 0 Å². The largest absolute Gasteiger partial charge is 0.353 e. The minimum absolute atomic E-state index is 0.0763. The zero-order valence-corrected chi connectivity index (χ0v) is 24.5. The molecule has 8 heteroatoms. The molecule has 0 unspecified atom stereocenters. The van der Waals surface area contributed by atoms with E-state index in [1.165, 1.54) is 16.7 Å². The number of hydrogen-bond donors (Lipinski definition) is 2. The van der Waals surface area contributed by atoms with E-state index in [2.05, 4.69) is 82.8 Å². The van der Waals surface area contributed by atoms with Crippen LogP contribution in [0.25, 0.3) is 0 Å². The number of nitrogens with one attached hydrogen (secondary N) is 2. The monoisotopic (exact) mass is 567 g/mol. The van der Waals surface area contributed by atoms with Crippen LogP contribution in [0.15, 0.2) is 84.9 Å². The van der Waals surface area contributed by atoms with Gasteiger partial charge in [-0.25, -0.2) is 0 Å². The molecule has 0 bridgehead atoms. The Morgan fingerprint density at radius 2 is 1.40 bits per heavy atom. The van der Waals surface area contributed by atoms with Gasteiger partial charge in [0.25, 0.3) is 0 Å². The molecule has 8 nitrogen and oxygen atoms in total. The first-order chi connectivity index (χ1) is 20.4. The molecule has 0 aliphatic carbocycles. The molecule has 42 heavy (non-hydrogen) atoms. The van der Waals surface area contributed by atoms with E-state index < -0.39 is 6.04 Å². The molecule has 3 aromatic rings. The lowest BCUT2D eigenvalue weighted by molar-refractivity contribution is -0.145. The summed E-state index contributed by atoms with van der Waals surface area (Å²) >= 11 is 0. The molecule has 2 aliphatic heterocycles. The Labute approximate surface area is 248 Å². The van der Waals surface area contributed by atoms with Gasteiger partial charge in [-0.1, -0.05) is 86.6 Å². The highest BCUT2D eigenvalue weighted by atomic mass is 16.2. The molecule has 3 amide bonds. The number of rotatable bonds is 9. The normalized spacial score (nSPS) is 18.2. The number of amides is 3. The molecule has 2 heterocycles. The first-order valence-electron chi connectivity index (χ1n) is 14.9. The average Bonchev–Trinajstić information content (AvgIpc) is 3.00. The van der Waals surface area contributed by atoms with Crippen LogP contribution in [0.2, 0.25) is 0 Å². The number of nitrogens with zero attached hydrogens (tertiary/aromatic N) is 3. The molecular weight excluding hydrogens is 526 g/mol. The van der Waals surface area contributed by atoms with E-state index >= 15 is 0 Å². The van der Waals surface area contributed by atoms with Crippen LogP contribution < -0.4 is 10.6 Å². The van der Waals surface area contributed by atoms with Crippen molar-refractivity contribution in [2.24, 2.45) is 0 Å². The summed E-state index contributed by atoms with van der Waals surface area (Å²) < 4.78 is 0. The lowest BCUT2D eigenvalue weighted by atomic mass is 9.96. The molecule has 0 aromatic heterocycles. The molecule has 1 atom stereocenters. The Balaban J connectivity index is 1.18. The Hall–Kier alpha value is -4.01. The summed E-state index contributed by atoms with van der Waals surface area (Å²) in [4.78, 5) is 45.4. The second kappa shape index (κ2) is 13.8. The number of piperazine rings is 2. The van der Waals surface area contributed by atoms with E-state index in [-0.39, 0.29) is 36.7 Å². The van der Waals surface area contributed by atoms with Crippen LogP contribution in [0.4, 0.5) is 5.69 Å². The van der Waals surface area contributed by atoms with Gasteiger partial charge in [0.15, 0.2) is 0 Å². The van der Waals surface area contributed by atoms with Crippen molar-refractivity contribution < 1.29 is 14.4 Å². The number of hydrogen-bond acceptors (Lipinski definition) is 5. The van der Waals surface area contributed by atoms with Crippen molar-refractivity contribution >= 4 is 23.4 Å². The molecule has 5 rings (SSSR count). The van der Waals surface area contributed by atoms with Crippen molar-refractivity contribution in [3.05, 3.63) is 102 Å². The summed E-state index contributed by atoms with van der Waals surface area (Å²) in [6.45, 7) is 8.40. The predicted octanol–water partition coefficient (Wildman–Crippen LogP) is 3.87. The molecule has 0 saturated carbocycles. The van der Waals surface area contributed by atoms with Gasteiger partial charge in [0.05, 0.1) is 19.0 Å². The third kappa shape index (κ3) is 7.24. The van der Waals surface area contributed by atoms with Crippen LogP contribution in [-0.4, -0.2) is 84.3 Å². The zero-order valence-electron chi connectivity index (χ0n) is 24.5. The summed E-state index contributed by atoms with van der Waals surface area (Å²) in [6.07, 6.45) is -0.0763. The Bertz CT molecular complexity index is 1300. The predicted molar refractivity (Wildman–Crippen MR) is 165 cm³/mol.